The average molecular weight is 187 g/mol. The summed E-state index contributed by atoms with van der Waals surface area (Å²) in [6.45, 7) is 11.7. The number of hydrogen-bond donors (Lipinski definition) is 1. The van der Waals surface area contributed by atoms with E-state index in [0.717, 1.165) is 38.9 Å². The van der Waals surface area contributed by atoms with E-state index in [9.17, 15) is 5.11 Å². The van der Waals surface area contributed by atoms with E-state index in [1.807, 2.05) is 13.8 Å². The van der Waals surface area contributed by atoms with Gasteiger partial charge in [-0.1, -0.05) is 20.8 Å². The van der Waals surface area contributed by atoms with Crippen molar-refractivity contribution in [3.8, 4) is 0 Å². The summed E-state index contributed by atoms with van der Waals surface area (Å²) in [6.07, 6.45) is 2.87. The molecule has 2 nitrogen and oxygen atoms in total. The van der Waals surface area contributed by atoms with Gasteiger partial charge in [0.15, 0.2) is 0 Å². The molecule has 0 aromatic heterocycles. The zero-order valence-electron chi connectivity index (χ0n) is 9.64. The van der Waals surface area contributed by atoms with Crippen LogP contribution in [-0.4, -0.2) is 35.2 Å². The van der Waals surface area contributed by atoms with Gasteiger partial charge in [0.2, 0.25) is 0 Å². The zero-order valence-corrected chi connectivity index (χ0v) is 9.64. The van der Waals surface area contributed by atoms with Crippen LogP contribution in [0.1, 0.15) is 47.0 Å². The largest absolute Gasteiger partial charge is 0.390 e. The molecule has 0 aliphatic rings. The fourth-order valence-corrected chi connectivity index (χ4v) is 1.40. The predicted octanol–water partition coefficient (Wildman–Crippen LogP) is 2.27. The molecular weight excluding hydrogens is 162 g/mol. The molecule has 2 heteroatoms. The van der Waals surface area contributed by atoms with Gasteiger partial charge in [0.05, 0.1) is 5.60 Å². The Morgan fingerprint density at radius 2 is 1.69 bits per heavy atom. The Balaban J connectivity index is 3.54. The summed E-state index contributed by atoms with van der Waals surface area (Å²) in [4.78, 5) is 2.39. The van der Waals surface area contributed by atoms with Crippen molar-refractivity contribution in [1.29, 1.82) is 0 Å². The van der Waals surface area contributed by atoms with Crippen LogP contribution < -0.4 is 0 Å². The van der Waals surface area contributed by atoms with Crippen molar-refractivity contribution >= 4 is 0 Å². The lowest BCUT2D eigenvalue weighted by atomic mass is 9.97. The zero-order chi connectivity index (χ0) is 10.3. The molecule has 0 spiro atoms. The SMILES string of the molecule is CCN(CC)CCCC(C)(O)CC. The van der Waals surface area contributed by atoms with Crippen molar-refractivity contribution in [2.24, 2.45) is 0 Å². The second kappa shape index (κ2) is 6.39. The number of hydrogen-bond acceptors (Lipinski definition) is 2. The maximum atomic E-state index is 9.76. The summed E-state index contributed by atoms with van der Waals surface area (Å²) in [5.74, 6) is 0. The van der Waals surface area contributed by atoms with Crippen molar-refractivity contribution < 1.29 is 5.11 Å². The Hall–Kier alpha value is -0.0800. The topological polar surface area (TPSA) is 23.5 Å². The van der Waals surface area contributed by atoms with E-state index in [2.05, 4.69) is 18.7 Å². The lowest BCUT2D eigenvalue weighted by molar-refractivity contribution is 0.0421. The summed E-state index contributed by atoms with van der Waals surface area (Å²) < 4.78 is 0. The van der Waals surface area contributed by atoms with Gasteiger partial charge in [-0.3, -0.25) is 0 Å². The minimum absolute atomic E-state index is 0.451. The van der Waals surface area contributed by atoms with Crippen LogP contribution in [0.15, 0.2) is 0 Å². The molecule has 0 saturated heterocycles. The first-order chi connectivity index (χ1) is 6.05. The Morgan fingerprint density at radius 1 is 1.15 bits per heavy atom. The smallest absolute Gasteiger partial charge is 0.0617 e. The van der Waals surface area contributed by atoms with Crippen LogP contribution in [0, 0.1) is 0 Å². The van der Waals surface area contributed by atoms with Gasteiger partial charge in [-0.25, -0.2) is 0 Å². The molecule has 0 radical (unpaired) electrons. The summed E-state index contributed by atoms with van der Waals surface area (Å²) in [6, 6.07) is 0. The maximum absolute atomic E-state index is 9.76. The highest BCUT2D eigenvalue weighted by molar-refractivity contribution is 4.70. The molecule has 0 aliphatic carbocycles. The van der Waals surface area contributed by atoms with Crippen LogP contribution in [0.2, 0.25) is 0 Å². The summed E-state index contributed by atoms with van der Waals surface area (Å²) in [7, 11) is 0. The number of aliphatic hydroxyl groups is 1. The molecule has 13 heavy (non-hydrogen) atoms. The first-order valence-corrected chi connectivity index (χ1v) is 5.50. The van der Waals surface area contributed by atoms with E-state index in [0.29, 0.717) is 0 Å². The lowest BCUT2D eigenvalue weighted by Gasteiger charge is -2.23. The Labute approximate surface area is 82.9 Å². The minimum Gasteiger partial charge on any atom is -0.390 e. The highest BCUT2D eigenvalue weighted by Crippen LogP contribution is 2.15. The molecule has 0 rings (SSSR count). The highest BCUT2D eigenvalue weighted by Gasteiger charge is 2.16. The van der Waals surface area contributed by atoms with Gasteiger partial charge >= 0.3 is 0 Å². The third-order valence-electron chi connectivity index (χ3n) is 2.85. The van der Waals surface area contributed by atoms with Gasteiger partial charge in [0, 0.05) is 0 Å². The molecule has 0 amide bonds. The Morgan fingerprint density at radius 3 is 2.08 bits per heavy atom. The Bertz CT molecular complexity index is 119. The van der Waals surface area contributed by atoms with Crippen LogP contribution in [0.3, 0.4) is 0 Å². The maximum Gasteiger partial charge on any atom is 0.0617 e. The van der Waals surface area contributed by atoms with Crippen LogP contribution in [0.4, 0.5) is 0 Å². The van der Waals surface area contributed by atoms with Crippen LogP contribution in [0.5, 0.6) is 0 Å². The van der Waals surface area contributed by atoms with Crippen LogP contribution in [-0.2, 0) is 0 Å². The van der Waals surface area contributed by atoms with E-state index in [-0.39, 0.29) is 0 Å². The molecule has 1 N–H and O–H groups in total. The molecule has 0 bridgehead atoms. The number of rotatable bonds is 7. The van der Waals surface area contributed by atoms with Crippen molar-refractivity contribution in [2.75, 3.05) is 19.6 Å². The number of nitrogens with zero attached hydrogens (tertiary/aromatic N) is 1. The minimum atomic E-state index is -0.451. The molecule has 80 valence electrons. The summed E-state index contributed by atoms with van der Waals surface area (Å²) >= 11 is 0. The molecule has 0 fully saturated rings. The van der Waals surface area contributed by atoms with E-state index in [4.69, 9.17) is 0 Å². The van der Waals surface area contributed by atoms with Gasteiger partial charge in [0.1, 0.15) is 0 Å². The van der Waals surface area contributed by atoms with E-state index in [1.165, 1.54) is 0 Å². The van der Waals surface area contributed by atoms with E-state index >= 15 is 0 Å². The predicted molar refractivity (Wildman–Crippen MR) is 57.9 cm³/mol. The molecule has 0 aliphatic heterocycles. The third kappa shape index (κ3) is 6.05. The van der Waals surface area contributed by atoms with Crippen LogP contribution in [0.25, 0.3) is 0 Å². The highest BCUT2D eigenvalue weighted by atomic mass is 16.3. The fourth-order valence-electron chi connectivity index (χ4n) is 1.40. The van der Waals surface area contributed by atoms with Crippen molar-refractivity contribution in [2.45, 2.75) is 52.6 Å². The normalized spacial score (nSPS) is 16.2. The lowest BCUT2D eigenvalue weighted by Crippen LogP contribution is -2.28. The first-order valence-electron chi connectivity index (χ1n) is 5.50. The van der Waals surface area contributed by atoms with Gasteiger partial charge in [0.25, 0.3) is 0 Å². The molecular formula is C11H25NO. The molecule has 1 unspecified atom stereocenters. The summed E-state index contributed by atoms with van der Waals surface area (Å²) in [5, 5.41) is 9.76. The second-order valence-electron chi connectivity index (χ2n) is 3.98. The van der Waals surface area contributed by atoms with Crippen molar-refractivity contribution in [1.82, 2.24) is 4.90 Å². The fraction of sp³-hybridized carbons (Fsp3) is 1.00. The van der Waals surface area contributed by atoms with Gasteiger partial charge in [-0.2, -0.15) is 0 Å². The van der Waals surface area contributed by atoms with Crippen molar-refractivity contribution in [3.05, 3.63) is 0 Å². The third-order valence-corrected chi connectivity index (χ3v) is 2.85. The van der Waals surface area contributed by atoms with Gasteiger partial charge in [-0.05, 0) is 45.8 Å². The quantitative estimate of drug-likeness (QED) is 0.661. The van der Waals surface area contributed by atoms with Gasteiger partial charge < -0.3 is 10.0 Å². The molecule has 0 aromatic rings. The molecule has 0 saturated carbocycles. The van der Waals surface area contributed by atoms with Crippen molar-refractivity contribution in [3.63, 3.8) is 0 Å². The molecule has 0 heterocycles. The Kier molecular flexibility index (Phi) is 6.35. The average Bonchev–Trinajstić information content (AvgIpc) is 2.12. The summed E-state index contributed by atoms with van der Waals surface area (Å²) in [5.41, 5.74) is -0.451. The van der Waals surface area contributed by atoms with Gasteiger partial charge in [-0.15, -0.1) is 0 Å². The monoisotopic (exact) mass is 187 g/mol. The first kappa shape index (κ1) is 12.9. The molecule has 1 atom stereocenters. The van der Waals surface area contributed by atoms with E-state index < -0.39 is 5.60 Å². The van der Waals surface area contributed by atoms with E-state index in [1.54, 1.807) is 0 Å². The standard InChI is InChI=1S/C11H25NO/c1-5-11(4,13)9-8-10-12(6-2)7-3/h13H,5-10H2,1-4H3. The second-order valence-corrected chi connectivity index (χ2v) is 3.98. The molecule has 0 aromatic carbocycles. The van der Waals surface area contributed by atoms with Crippen LogP contribution >= 0.6 is 0 Å².